The molecule has 5 heteroatoms. The van der Waals surface area contributed by atoms with Crippen LogP contribution in [0.15, 0.2) is 12.7 Å². The summed E-state index contributed by atoms with van der Waals surface area (Å²) >= 11 is 16.4. The fraction of sp³-hybridized carbons (Fsp3) is 0.750. The molecule has 0 spiro atoms. The van der Waals surface area contributed by atoms with Gasteiger partial charge in [-0.1, -0.05) is 79.9 Å². The highest BCUT2D eigenvalue weighted by atomic mass is 35.6. The van der Waals surface area contributed by atoms with E-state index in [0.29, 0.717) is 0 Å². The topological polar surface area (TPSA) is 29.1 Å². The Bertz CT molecular complexity index is 238. The summed E-state index contributed by atoms with van der Waals surface area (Å²) in [7, 11) is 0. The number of hydrogen-bond acceptors (Lipinski definition) is 1. The van der Waals surface area contributed by atoms with Gasteiger partial charge in [-0.15, -0.1) is 6.58 Å². The summed E-state index contributed by atoms with van der Waals surface area (Å²) in [5, 5.41) is 2.64. The smallest absolute Gasteiger partial charge is 0.272 e. The highest BCUT2D eigenvalue weighted by molar-refractivity contribution is 6.76. The summed E-state index contributed by atoms with van der Waals surface area (Å²) < 4.78 is -1.90. The van der Waals surface area contributed by atoms with Crippen molar-refractivity contribution >= 4 is 40.7 Å². The fourth-order valence-corrected chi connectivity index (χ4v) is 1.63. The maximum absolute atomic E-state index is 11.4. The van der Waals surface area contributed by atoms with Gasteiger partial charge < -0.3 is 5.32 Å². The van der Waals surface area contributed by atoms with Crippen molar-refractivity contribution in [2.24, 2.45) is 0 Å². The summed E-state index contributed by atoms with van der Waals surface area (Å²) in [4.78, 5) is 11.4. The van der Waals surface area contributed by atoms with E-state index in [1.54, 1.807) is 6.08 Å². The molecule has 0 aliphatic carbocycles. The van der Waals surface area contributed by atoms with Crippen molar-refractivity contribution < 1.29 is 4.79 Å². The molecule has 0 radical (unpaired) electrons. The highest BCUT2D eigenvalue weighted by Crippen LogP contribution is 2.26. The molecule has 0 fully saturated rings. The van der Waals surface area contributed by atoms with E-state index in [4.69, 9.17) is 34.8 Å². The van der Waals surface area contributed by atoms with Crippen LogP contribution in [0, 0.1) is 0 Å². The minimum absolute atomic E-state index is 0.125. The van der Waals surface area contributed by atoms with Gasteiger partial charge in [0.2, 0.25) is 0 Å². The Labute approximate surface area is 119 Å². The van der Waals surface area contributed by atoms with Gasteiger partial charge in [0.05, 0.1) is 0 Å². The number of hydrogen-bond donors (Lipinski definition) is 1. The maximum atomic E-state index is 11.4. The largest absolute Gasteiger partial charge is 0.346 e. The minimum Gasteiger partial charge on any atom is -0.346 e. The van der Waals surface area contributed by atoms with Gasteiger partial charge in [0.15, 0.2) is 0 Å². The second-order valence-corrected chi connectivity index (χ2v) is 6.30. The van der Waals surface area contributed by atoms with Gasteiger partial charge >= 0.3 is 0 Å². The number of rotatable bonds is 8. The van der Waals surface area contributed by atoms with Crippen LogP contribution in [0.2, 0.25) is 0 Å². The first-order chi connectivity index (χ1) is 7.91. The van der Waals surface area contributed by atoms with Gasteiger partial charge in [-0.05, 0) is 6.42 Å². The third-order valence-corrected chi connectivity index (χ3v) is 2.99. The number of nitrogens with one attached hydrogen (secondary N) is 1. The van der Waals surface area contributed by atoms with Gasteiger partial charge in [-0.25, -0.2) is 0 Å². The molecule has 1 N–H and O–H groups in total. The molecule has 100 valence electrons. The van der Waals surface area contributed by atoms with Crippen molar-refractivity contribution in [3.05, 3.63) is 12.7 Å². The standard InChI is InChI=1S/C12H20Cl3NO/c1-3-5-6-7-8-9-10(4-2)16-11(17)12(13,14)15/h4,10H,2-3,5-9H2,1H3,(H,16,17). The highest BCUT2D eigenvalue weighted by Gasteiger charge is 2.31. The minimum atomic E-state index is -1.90. The van der Waals surface area contributed by atoms with Gasteiger partial charge in [0, 0.05) is 6.04 Å². The molecule has 1 amide bonds. The van der Waals surface area contributed by atoms with Crippen molar-refractivity contribution in [2.45, 2.75) is 55.3 Å². The summed E-state index contributed by atoms with van der Waals surface area (Å²) in [6, 6.07) is -0.125. The average molecular weight is 301 g/mol. The van der Waals surface area contributed by atoms with E-state index in [2.05, 4.69) is 18.8 Å². The van der Waals surface area contributed by atoms with Crippen LogP contribution in [0.4, 0.5) is 0 Å². The molecule has 0 saturated carbocycles. The molecular formula is C12H20Cl3NO. The Balaban J connectivity index is 3.85. The van der Waals surface area contributed by atoms with Gasteiger partial charge in [-0.3, -0.25) is 4.79 Å². The molecule has 0 bridgehead atoms. The van der Waals surface area contributed by atoms with E-state index in [1.165, 1.54) is 19.3 Å². The van der Waals surface area contributed by atoms with Crippen LogP contribution in [0.1, 0.15) is 45.4 Å². The second-order valence-electron chi connectivity index (χ2n) is 4.02. The molecule has 2 nitrogen and oxygen atoms in total. The first-order valence-electron chi connectivity index (χ1n) is 5.92. The predicted octanol–water partition coefficient (Wildman–Crippen LogP) is 4.39. The summed E-state index contributed by atoms with van der Waals surface area (Å²) in [5.41, 5.74) is 0. The molecular weight excluding hydrogens is 280 g/mol. The predicted molar refractivity (Wildman–Crippen MR) is 75.8 cm³/mol. The zero-order chi connectivity index (χ0) is 13.3. The van der Waals surface area contributed by atoms with Crippen LogP contribution in [0.5, 0.6) is 0 Å². The Morgan fingerprint density at radius 1 is 1.29 bits per heavy atom. The van der Waals surface area contributed by atoms with Crippen LogP contribution in [-0.2, 0) is 4.79 Å². The SMILES string of the molecule is C=CC(CCCCCCC)NC(=O)C(Cl)(Cl)Cl. The molecule has 0 aromatic rings. The number of carbonyl (C=O) groups is 1. The lowest BCUT2D eigenvalue weighted by Gasteiger charge is -2.18. The fourth-order valence-electron chi connectivity index (χ4n) is 1.47. The Kier molecular flexibility index (Phi) is 9.11. The number of alkyl halides is 3. The van der Waals surface area contributed by atoms with Crippen molar-refractivity contribution in [2.75, 3.05) is 0 Å². The molecule has 1 unspecified atom stereocenters. The number of halogens is 3. The van der Waals surface area contributed by atoms with E-state index >= 15 is 0 Å². The number of carbonyl (C=O) groups excluding carboxylic acids is 1. The lowest BCUT2D eigenvalue weighted by atomic mass is 10.1. The Hall–Kier alpha value is 0.0800. The van der Waals surface area contributed by atoms with E-state index < -0.39 is 9.70 Å². The van der Waals surface area contributed by atoms with Crippen LogP contribution in [0.25, 0.3) is 0 Å². The molecule has 0 aliphatic heterocycles. The Morgan fingerprint density at radius 3 is 2.35 bits per heavy atom. The normalized spacial score (nSPS) is 13.2. The van der Waals surface area contributed by atoms with Crippen molar-refractivity contribution in [1.29, 1.82) is 0 Å². The molecule has 1 atom stereocenters. The molecule has 0 rings (SSSR count). The van der Waals surface area contributed by atoms with Crippen molar-refractivity contribution in [3.63, 3.8) is 0 Å². The average Bonchev–Trinajstić information content (AvgIpc) is 2.25. The molecule has 0 aromatic carbocycles. The Morgan fingerprint density at radius 2 is 1.88 bits per heavy atom. The van der Waals surface area contributed by atoms with E-state index in [9.17, 15) is 4.79 Å². The van der Waals surface area contributed by atoms with Gasteiger partial charge in [0.1, 0.15) is 0 Å². The number of amides is 1. The molecule has 17 heavy (non-hydrogen) atoms. The van der Waals surface area contributed by atoms with Crippen molar-refractivity contribution in [1.82, 2.24) is 5.32 Å². The second kappa shape index (κ2) is 9.07. The number of unbranched alkanes of at least 4 members (excludes halogenated alkanes) is 4. The zero-order valence-corrected chi connectivity index (χ0v) is 12.4. The van der Waals surface area contributed by atoms with E-state index in [1.807, 2.05) is 0 Å². The van der Waals surface area contributed by atoms with Crippen LogP contribution >= 0.6 is 34.8 Å². The monoisotopic (exact) mass is 299 g/mol. The quantitative estimate of drug-likeness (QED) is 0.402. The van der Waals surface area contributed by atoms with E-state index in [0.717, 1.165) is 19.3 Å². The molecule has 0 aliphatic rings. The van der Waals surface area contributed by atoms with Crippen LogP contribution in [0.3, 0.4) is 0 Å². The van der Waals surface area contributed by atoms with Gasteiger partial charge in [0.25, 0.3) is 9.70 Å². The first-order valence-corrected chi connectivity index (χ1v) is 7.05. The summed E-state index contributed by atoms with van der Waals surface area (Å²) in [5.74, 6) is -0.596. The van der Waals surface area contributed by atoms with Crippen LogP contribution in [-0.4, -0.2) is 15.7 Å². The lowest BCUT2D eigenvalue weighted by molar-refractivity contribution is -0.120. The van der Waals surface area contributed by atoms with Gasteiger partial charge in [-0.2, -0.15) is 0 Å². The molecule has 0 saturated heterocycles. The third kappa shape index (κ3) is 8.76. The molecule has 0 heterocycles. The van der Waals surface area contributed by atoms with Crippen molar-refractivity contribution in [3.8, 4) is 0 Å². The summed E-state index contributed by atoms with van der Waals surface area (Å²) in [6.45, 7) is 5.84. The van der Waals surface area contributed by atoms with E-state index in [-0.39, 0.29) is 6.04 Å². The third-order valence-electron chi connectivity index (χ3n) is 2.48. The maximum Gasteiger partial charge on any atom is 0.272 e. The molecule has 0 aromatic heterocycles. The summed E-state index contributed by atoms with van der Waals surface area (Å²) in [6.07, 6.45) is 8.39. The lowest BCUT2D eigenvalue weighted by Crippen LogP contribution is -2.40. The van der Waals surface area contributed by atoms with Crippen LogP contribution < -0.4 is 5.32 Å². The first kappa shape index (κ1) is 17.1. The zero-order valence-electron chi connectivity index (χ0n) is 10.1.